The molecule has 0 aromatic heterocycles. The Kier molecular flexibility index (Phi) is 5.46. The van der Waals surface area contributed by atoms with Gasteiger partial charge in [-0.1, -0.05) is 6.07 Å². The first kappa shape index (κ1) is 16.4. The highest BCUT2D eigenvalue weighted by Gasteiger charge is 2.11. The number of hydrogen-bond acceptors (Lipinski definition) is 3. The lowest BCUT2D eigenvalue weighted by Gasteiger charge is -2.14. The Morgan fingerprint density at radius 3 is 2.65 bits per heavy atom. The number of anilines is 1. The Bertz CT molecular complexity index is 590. The van der Waals surface area contributed by atoms with Gasteiger partial charge in [-0.05, 0) is 24.6 Å². The third-order valence-corrected chi connectivity index (χ3v) is 3.96. The molecule has 0 aliphatic rings. The van der Waals surface area contributed by atoms with Gasteiger partial charge in [0.25, 0.3) is 0 Å². The minimum Gasteiger partial charge on any atom is -0.337 e. The summed E-state index contributed by atoms with van der Waals surface area (Å²) in [5.74, 6) is -0.529. The first-order valence-electron chi connectivity index (χ1n) is 5.92. The van der Waals surface area contributed by atoms with Crippen molar-refractivity contribution in [1.82, 2.24) is 9.62 Å². The molecule has 0 aliphatic carbocycles. The highest BCUT2D eigenvalue weighted by molar-refractivity contribution is 7.88. The second-order valence-corrected chi connectivity index (χ2v) is 6.54. The summed E-state index contributed by atoms with van der Waals surface area (Å²) in [6.07, 6.45) is 1.08. The average molecular weight is 303 g/mol. The largest absolute Gasteiger partial charge is 0.337 e. The minimum absolute atomic E-state index is 0.0824. The molecule has 0 unspecified atom stereocenters. The zero-order chi connectivity index (χ0) is 15.3. The van der Waals surface area contributed by atoms with E-state index in [0.717, 1.165) is 16.1 Å². The van der Waals surface area contributed by atoms with Gasteiger partial charge in [0.2, 0.25) is 10.0 Å². The first-order valence-corrected chi connectivity index (χ1v) is 7.77. The normalized spacial score (nSPS) is 11.4. The minimum atomic E-state index is -3.27. The molecule has 0 spiro atoms. The first-order chi connectivity index (χ1) is 9.20. The third-order valence-electron chi connectivity index (χ3n) is 2.65. The number of hydrogen-bond donors (Lipinski definition) is 2. The molecule has 112 valence electrons. The zero-order valence-electron chi connectivity index (χ0n) is 11.6. The summed E-state index contributed by atoms with van der Waals surface area (Å²) in [6, 6.07) is 3.79. The van der Waals surface area contributed by atoms with Crippen LogP contribution in [0.15, 0.2) is 18.2 Å². The van der Waals surface area contributed by atoms with Crippen LogP contribution in [0.25, 0.3) is 0 Å². The Morgan fingerprint density at radius 1 is 1.40 bits per heavy atom. The van der Waals surface area contributed by atoms with Gasteiger partial charge in [0, 0.05) is 20.1 Å². The Morgan fingerprint density at radius 2 is 2.05 bits per heavy atom. The van der Waals surface area contributed by atoms with E-state index in [1.165, 1.54) is 19.2 Å². The lowest BCUT2D eigenvalue weighted by molar-refractivity contribution is 0.251. The maximum absolute atomic E-state index is 13.4. The van der Waals surface area contributed by atoms with Gasteiger partial charge in [-0.15, -0.1) is 0 Å². The number of aryl methyl sites for hydroxylation is 1. The summed E-state index contributed by atoms with van der Waals surface area (Å²) in [5.41, 5.74) is 0.900. The fourth-order valence-electron chi connectivity index (χ4n) is 1.39. The predicted octanol–water partition coefficient (Wildman–Crippen LogP) is 1.15. The SMILES string of the molecule is Cc1ccc(F)c(NC(=O)NCCN(C)S(C)(=O)=O)c1. The molecule has 2 N–H and O–H groups in total. The molecule has 1 rings (SSSR count). The van der Waals surface area contributed by atoms with E-state index in [0.29, 0.717) is 0 Å². The van der Waals surface area contributed by atoms with Crippen LogP contribution < -0.4 is 10.6 Å². The summed E-state index contributed by atoms with van der Waals surface area (Å²) in [7, 11) is -1.86. The van der Waals surface area contributed by atoms with Gasteiger partial charge in [-0.2, -0.15) is 0 Å². The van der Waals surface area contributed by atoms with Gasteiger partial charge in [0.15, 0.2) is 0 Å². The van der Waals surface area contributed by atoms with E-state index in [4.69, 9.17) is 0 Å². The highest BCUT2D eigenvalue weighted by Crippen LogP contribution is 2.15. The molecular weight excluding hydrogens is 285 g/mol. The van der Waals surface area contributed by atoms with E-state index >= 15 is 0 Å². The van der Waals surface area contributed by atoms with Crippen LogP contribution in [-0.2, 0) is 10.0 Å². The second kappa shape index (κ2) is 6.67. The molecule has 0 aliphatic heterocycles. The summed E-state index contributed by atoms with van der Waals surface area (Å²) in [6.45, 7) is 2.05. The van der Waals surface area contributed by atoms with E-state index in [-0.39, 0.29) is 18.8 Å². The molecule has 1 aromatic rings. The summed E-state index contributed by atoms with van der Waals surface area (Å²) in [4.78, 5) is 11.6. The van der Waals surface area contributed by atoms with Crippen molar-refractivity contribution in [1.29, 1.82) is 0 Å². The summed E-state index contributed by atoms with van der Waals surface area (Å²) >= 11 is 0. The molecule has 0 bridgehead atoms. The van der Waals surface area contributed by atoms with Crippen LogP contribution >= 0.6 is 0 Å². The number of urea groups is 1. The lowest BCUT2D eigenvalue weighted by Crippen LogP contribution is -2.37. The molecule has 0 saturated heterocycles. The van der Waals surface area contributed by atoms with Gasteiger partial charge in [0.1, 0.15) is 5.82 Å². The Hall–Kier alpha value is -1.67. The molecule has 2 amide bonds. The van der Waals surface area contributed by atoms with Crippen molar-refractivity contribution in [3.8, 4) is 0 Å². The fourth-order valence-corrected chi connectivity index (χ4v) is 1.82. The summed E-state index contributed by atoms with van der Waals surface area (Å²) in [5, 5.41) is 4.83. The topological polar surface area (TPSA) is 78.5 Å². The molecular formula is C12H18FN3O3S. The standard InChI is InChI=1S/C12H18FN3O3S/c1-9-4-5-10(13)11(8-9)15-12(17)14-6-7-16(2)20(3,18)19/h4-5,8H,6-7H2,1-3H3,(H2,14,15,17). The molecule has 20 heavy (non-hydrogen) atoms. The number of carbonyl (C=O) groups is 1. The van der Waals surface area contributed by atoms with Gasteiger partial charge in [0.05, 0.1) is 11.9 Å². The van der Waals surface area contributed by atoms with Gasteiger partial charge in [-0.25, -0.2) is 21.9 Å². The molecule has 0 atom stereocenters. The number of halogens is 1. The number of carbonyl (C=O) groups excluding carboxylic acids is 1. The quantitative estimate of drug-likeness (QED) is 0.856. The van der Waals surface area contributed by atoms with Crippen LogP contribution in [0.5, 0.6) is 0 Å². The van der Waals surface area contributed by atoms with Gasteiger partial charge >= 0.3 is 6.03 Å². The molecule has 8 heteroatoms. The second-order valence-electron chi connectivity index (χ2n) is 4.45. The van der Waals surface area contributed by atoms with Crippen LogP contribution in [0.3, 0.4) is 0 Å². The van der Waals surface area contributed by atoms with Crippen molar-refractivity contribution in [3.05, 3.63) is 29.6 Å². The number of nitrogens with one attached hydrogen (secondary N) is 2. The molecule has 6 nitrogen and oxygen atoms in total. The average Bonchev–Trinajstić information content (AvgIpc) is 2.32. The maximum atomic E-state index is 13.4. The van der Waals surface area contributed by atoms with Crippen LogP contribution in [0.1, 0.15) is 5.56 Å². The number of rotatable bonds is 5. The van der Waals surface area contributed by atoms with Crippen molar-refractivity contribution < 1.29 is 17.6 Å². The molecule has 1 aromatic carbocycles. The molecule has 0 radical (unpaired) electrons. The van der Waals surface area contributed by atoms with Crippen LogP contribution in [0.4, 0.5) is 14.9 Å². The van der Waals surface area contributed by atoms with Gasteiger partial charge < -0.3 is 10.6 Å². The van der Waals surface area contributed by atoms with E-state index in [1.54, 1.807) is 13.0 Å². The van der Waals surface area contributed by atoms with E-state index in [1.807, 2.05) is 0 Å². The smallest absolute Gasteiger partial charge is 0.319 e. The lowest BCUT2D eigenvalue weighted by atomic mass is 10.2. The number of nitrogens with zero attached hydrogens (tertiary/aromatic N) is 1. The number of likely N-dealkylation sites (N-methyl/N-ethyl adjacent to an activating group) is 1. The maximum Gasteiger partial charge on any atom is 0.319 e. The monoisotopic (exact) mass is 303 g/mol. The predicted molar refractivity (Wildman–Crippen MR) is 75.6 cm³/mol. The van der Waals surface area contributed by atoms with Crippen LogP contribution in [0, 0.1) is 12.7 Å². The molecule has 0 fully saturated rings. The number of sulfonamides is 1. The van der Waals surface area contributed by atoms with E-state index in [9.17, 15) is 17.6 Å². The third kappa shape index (κ3) is 5.14. The van der Waals surface area contributed by atoms with Crippen molar-refractivity contribution in [2.75, 3.05) is 31.7 Å². The number of amides is 2. The van der Waals surface area contributed by atoms with Crippen molar-refractivity contribution >= 4 is 21.7 Å². The molecule has 0 heterocycles. The summed E-state index contributed by atoms with van der Waals surface area (Å²) < 4.78 is 36.8. The van der Waals surface area contributed by atoms with E-state index < -0.39 is 21.9 Å². The van der Waals surface area contributed by atoms with E-state index in [2.05, 4.69) is 10.6 Å². The van der Waals surface area contributed by atoms with Crippen molar-refractivity contribution in [2.45, 2.75) is 6.92 Å². The van der Waals surface area contributed by atoms with Crippen molar-refractivity contribution in [2.24, 2.45) is 0 Å². The van der Waals surface area contributed by atoms with Gasteiger partial charge in [-0.3, -0.25) is 0 Å². The molecule has 0 saturated carbocycles. The van der Waals surface area contributed by atoms with Crippen molar-refractivity contribution in [3.63, 3.8) is 0 Å². The fraction of sp³-hybridized carbons (Fsp3) is 0.417. The van der Waals surface area contributed by atoms with Crippen LogP contribution in [0.2, 0.25) is 0 Å². The Balaban J connectivity index is 2.47. The number of benzene rings is 1. The van der Waals surface area contributed by atoms with Crippen LogP contribution in [-0.4, -0.2) is 45.1 Å². The zero-order valence-corrected chi connectivity index (χ0v) is 12.4. The highest BCUT2D eigenvalue weighted by atomic mass is 32.2. The Labute approximate surface area is 118 Å².